The van der Waals surface area contributed by atoms with Gasteiger partial charge in [-0.2, -0.15) is 0 Å². The molecule has 0 fully saturated rings. The van der Waals surface area contributed by atoms with E-state index in [4.69, 9.17) is 10.5 Å². The van der Waals surface area contributed by atoms with E-state index in [-0.39, 0.29) is 11.9 Å². The quantitative estimate of drug-likeness (QED) is 0.833. The highest BCUT2D eigenvalue weighted by atomic mass is 19.1. The Labute approximate surface area is 94.9 Å². The van der Waals surface area contributed by atoms with Crippen LogP contribution in [0.1, 0.15) is 30.0 Å². The zero-order valence-electron chi connectivity index (χ0n) is 9.37. The van der Waals surface area contributed by atoms with Gasteiger partial charge in [0.2, 0.25) is 0 Å². The van der Waals surface area contributed by atoms with Crippen molar-refractivity contribution in [3.63, 3.8) is 0 Å². The average Bonchev–Trinajstić information content (AvgIpc) is 2.28. The molecule has 3 heteroatoms. The van der Waals surface area contributed by atoms with Crippen LogP contribution in [0.2, 0.25) is 0 Å². The number of rotatable bonds is 2. The van der Waals surface area contributed by atoms with E-state index in [1.54, 1.807) is 6.26 Å². The molecule has 2 N–H and O–H groups in total. The SMILES string of the molecule is Cc1cc(F)cc(C(N)C2=COCCC2)c1. The van der Waals surface area contributed by atoms with Crippen LogP contribution in [0.5, 0.6) is 0 Å². The predicted molar refractivity (Wildman–Crippen MR) is 61.3 cm³/mol. The van der Waals surface area contributed by atoms with Crippen molar-refractivity contribution in [2.75, 3.05) is 6.61 Å². The first-order chi connectivity index (χ1) is 7.66. The molecule has 0 amide bonds. The second-order valence-corrected chi connectivity index (χ2v) is 4.21. The van der Waals surface area contributed by atoms with Crippen molar-refractivity contribution in [1.82, 2.24) is 0 Å². The minimum Gasteiger partial charge on any atom is -0.501 e. The number of aryl methyl sites for hydroxylation is 1. The van der Waals surface area contributed by atoms with Crippen LogP contribution in [0.15, 0.2) is 30.0 Å². The molecule has 2 rings (SSSR count). The fourth-order valence-corrected chi connectivity index (χ4v) is 1.97. The Morgan fingerprint density at radius 3 is 2.81 bits per heavy atom. The van der Waals surface area contributed by atoms with Crippen LogP contribution in [-0.4, -0.2) is 6.61 Å². The standard InChI is InChI=1S/C13H16FNO/c1-9-5-11(7-12(14)6-9)13(15)10-3-2-4-16-8-10/h5-8,13H,2-4,15H2,1H3. The summed E-state index contributed by atoms with van der Waals surface area (Å²) in [5.41, 5.74) is 8.84. The summed E-state index contributed by atoms with van der Waals surface area (Å²) >= 11 is 0. The van der Waals surface area contributed by atoms with Crippen molar-refractivity contribution >= 4 is 0 Å². The molecule has 1 aromatic rings. The van der Waals surface area contributed by atoms with Crippen LogP contribution in [0.4, 0.5) is 4.39 Å². The molecule has 0 bridgehead atoms. The van der Waals surface area contributed by atoms with Crippen molar-refractivity contribution in [3.05, 3.63) is 47.0 Å². The molecule has 16 heavy (non-hydrogen) atoms. The number of nitrogens with two attached hydrogens (primary N) is 1. The maximum atomic E-state index is 13.2. The van der Waals surface area contributed by atoms with Gasteiger partial charge in [-0.15, -0.1) is 0 Å². The van der Waals surface area contributed by atoms with Gasteiger partial charge in [-0.25, -0.2) is 4.39 Å². The summed E-state index contributed by atoms with van der Waals surface area (Å²) in [5.74, 6) is -0.234. The smallest absolute Gasteiger partial charge is 0.123 e. The molecular weight excluding hydrogens is 205 g/mol. The Balaban J connectivity index is 2.25. The fourth-order valence-electron chi connectivity index (χ4n) is 1.97. The van der Waals surface area contributed by atoms with Crippen LogP contribution in [0.25, 0.3) is 0 Å². The van der Waals surface area contributed by atoms with Gasteiger partial charge in [0.1, 0.15) is 5.82 Å². The summed E-state index contributed by atoms with van der Waals surface area (Å²) in [6.45, 7) is 2.61. The van der Waals surface area contributed by atoms with Gasteiger partial charge in [-0.3, -0.25) is 0 Å². The van der Waals surface area contributed by atoms with Gasteiger partial charge in [-0.1, -0.05) is 6.07 Å². The van der Waals surface area contributed by atoms with Crippen LogP contribution in [-0.2, 0) is 4.74 Å². The van der Waals surface area contributed by atoms with Gasteiger partial charge in [0.25, 0.3) is 0 Å². The summed E-state index contributed by atoms with van der Waals surface area (Å²) in [6, 6.07) is 4.66. The molecular formula is C13H16FNO. The largest absolute Gasteiger partial charge is 0.501 e. The lowest BCUT2D eigenvalue weighted by molar-refractivity contribution is 0.221. The van der Waals surface area contributed by atoms with E-state index >= 15 is 0 Å². The van der Waals surface area contributed by atoms with Crippen molar-refractivity contribution in [3.8, 4) is 0 Å². The van der Waals surface area contributed by atoms with Gasteiger partial charge in [0.15, 0.2) is 0 Å². The highest BCUT2D eigenvalue weighted by Gasteiger charge is 2.15. The Morgan fingerprint density at radius 1 is 1.38 bits per heavy atom. The summed E-state index contributed by atoms with van der Waals surface area (Å²) in [6.07, 6.45) is 3.62. The van der Waals surface area contributed by atoms with Crippen molar-refractivity contribution < 1.29 is 9.13 Å². The van der Waals surface area contributed by atoms with Gasteiger partial charge in [0.05, 0.1) is 18.9 Å². The monoisotopic (exact) mass is 221 g/mol. The van der Waals surface area contributed by atoms with E-state index < -0.39 is 0 Å². The Kier molecular flexibility index (Phi) is 3.25. The molecule has 0 aromatic heterocycles. The number of hydrogen-bond acceptors (Lipinski definition) is 2. The molecule has 0 aliphatic carbocycles. The first kappa shape index (κ1) is 11.1. The lowest BCUT2D eigenvalue weighted by atomic mass is 9.95. The molecule has 0 spiro atoms. The van der Waals surface area contributed by atoms with Crippen molar-refractivity contribution in [2.24, 2.45) is 5.73 Å². The molecule has 0 radical (unpaired) electrons. The summed E-state index contributed by atoms with van der Waals surface area (Å²) in [7, 11) is 0. The third-order valence-electron chi connectivity index (χ3n) is 2.79. The Morgan fingerprint density at radius 2 is 2.19 bits per heavy atom. The molecule has 1 heterocycles. The second-order valence-electron chi connectivity index (χ2n) is 4.21. The maximum absolute atomic E-state index is 13.2. The van der Waals surface area contributed by atoms with Crippen molar-refractivity contribution in [1.29, 1.82) is 0 Å². The van der Waals surface area contributed by atoms with E-state index in [0.717, 1.165) is 36.1 Å². The van der Waals surface area contributed by atoms with Crippen LogP contribution >= 0.6 is 0 Å². The highest BCUT2D eigenvalue weighted by molar-refractivity contribution is 5.31. The van der Waals surface area contributed by atoms with E-state index in [9.17, 15) is 4.39 Å². The molecule has 1 atom stereocenters. The van der Waals surface area contributed by atoms with E-state index in [0.29, 0.717) is 0 Å². The van der Waals surface area contributed by atoms with E-state index in [2.05, 4.69) is 0 Å². The molecule has 1 aromatic carbocycles. The first-order valence-corrected chi connectivity index (χ1v) is 5.50. The molecule has 2 nitrogen and oxygen atoms in total. The summed E-state index contributed by atoms with van der Waals surface area (Å²) in [4.78, 5) is 0. The van der Waals surface area contributed by atoms with Crippen LogP contribution in [0, 0.1) is 12.7 Å². The third-order valence-corrected chi connectivity index (χ3v) is 2.79. The summed E-state index contributed by atoms with van der Waals surface area (Å²) < 4.78 is 18.5. The van der Waals surface area contributed by atoms with Crippen LogP contribution < -0.4 is 5.73 Å². The van der Waals surface area contributed by atoms with E-state index in [1.165, 1.54) is 12.1 Å². The van der Waals surface area contributed by atoms with Gasteiger partial charge in [0, 0.05) is 0 Å². The highest BCUT2D eigenvalue weighted by Crippen LogP contribution is 2.26. The first-order valence-electron chi connectivity index (χ1n) is 5.50. The molecule has 0 saturated heterocycles. The fraction of sp³-hybridized carbons (Fsp3) is 0.385. The Hall–Kier alpha value is -1.35. The predicted octanol–water partition coefficient (Wildman–Crippen LogP) is 2.83. The molecule has 1 aliphatic heterocycles. The van der Waals surface area contributed by atoms with Gasteiger partial charge < -0.3 is 10.5 Å². The van der Waals surface area contributed by atoms with Crippen molar-refractivity contribution in [2.45, 2.75) is 25.8 Å². The minimum atomic E-state index is -0.255. The molecule has 1 aliphatic rings. The normalized spacial score (nSPS) is 17.6. The van der Waals surface area contributed by atoms with Crippen LogP contribution in [0.3, 0.4) is 0 Å². The molecule has 0 saturated carbocycles. The summed E-state index contributed by atoms with van der Waals surface area (Å²) in [5, 5.41) is 0. The topological polar surface area (TPSA) is 35.2 Å². The van der Waals surface area contributed by atoms with Gasteiger partial charge >= 0.3 is 0 Å². The molecule has 1 unspecified atom stereocenters. The number of halogens is 1. The zero-order chi connectivity index (χ0) is 11.5. The lowest BCUT2D eigenvalue weighted by Crippen LogP contribution is -2.16. The number of benzene rings is 1. The van der Waals surface area contributed by atoms with E-state index in [1.807, 2.05) is 13.0 Å². The Bertz CT molecular complexity index is 394. The maximum Gasteiger partial charge on any atom is 0.123 e. The number of ether oxygens (including phenoxy) is 1. The van der Waals surface area contributed by atoms with Gasteiger partial charge in [-0.05, 0) is 48.6 Å². The lowest BCUT2D eigenvalue weighted by Gasteiger charge is -2.20. The minimum absolute atomic E-state index is 0.234. The average molecular weight is 221 g/mol. The zero-order valence-corrected chi connectivity index (χ0v) is 9.37. The second kappa shape index (κ2) is 4.66. The third kappa shape index (κ3) is 2.42. The number of hydrogen-bond donors (Lipinski definition) is 1. The molecule has 86 valence electrons.